The van der Waals surface area contributed by atoms with Crippen LogP contribution in [0.4, 0.5) is 13.2 Å². The van der Waals surface area contributed by atoms with Gasteiger partial charge in [-0.2, -0.15) is 13.2 Å². The molecule has 112 valence electrons. The molecule has 1 N–H and O–H groups in total. The molecule has 20 heavy (non-hydrogen) atoms. The summed E-state index contributed by atoms with van der Waals surface area (Å²) in [5.41, 5.74) is 1.14. The van der Waals surface area contributed by atoms with Gasteiger partial charge in [0.1, 0.15) is 0 Å². The van der Waals surface area contributed by atoms with Crippen molar-refractivity contribution in [2.75, 3.05) is 6.54 Å². The zero-order valence-electron chi connectivity index (χ0n) is 11.2. The topological polar surface area (TPSA) is 12.0 Å². The molecule has 0 aliphatic heterocycles. The maximum Gasteiger partial charge on any atom is 0.391 e. The van der Waals surface area contributed by atoms with Gasteiger partial charge in [-0.3, -0.25) is 0 Å². The van der Waals surface area contributed by atoms with Crippen LogP contribution in [0.2, 0.25) is 5.02 Å². The largest absolute Gasteiger partial charge is 0.391 e. The summed E-state index contributed by atoms with van der Waals surface area (Å²) in [6.45, 7) is 0.705. The number of hydrogen-bond donors (Lipinski definition) is 1. The van der Waals surface area contributed by atoms with Gasteiger partial charge < -0.3 is 5.32 Å². The summed E-state index contributed by atoms with van der Waals surface area (Å²) in [4.78, 5) is 0. The summed E-state index contributed by atoms with van der Waals surface area (Å²) in [7, 11) is 0. The Balaban J connectivity index is 1.75. The van der Waals surface area contributed by atoms with Gasteiger partial charge in [0.25, 0.3) is 0 Å². The van der Waals surface area contributed by atoms with E-state index < -0.39 is 12.1 Å². The Bertz CT molecular complexity index is 416. The molecular weight excluding hydrogens is 287 g/mol. The Morgan fingerprint density at radius 1 is 1.15 bits per heavy atom. The normalized spacial score (nSPS) is 23.8. The molecule has 0 aromatic heterocycles. The lowest BCUT2D eigenvalue weighted by Crippen LogP contribution is -2.39. The van der Waals surface area contributed by atoms with Crippen LogP contribution in [0.5, 0.6) is 0 Å². The predicted octanol–water partition coefficient (Wildman–Crippen LogP) is 4.59. The van der Waals surface area contributed by atoms with Crippen molar-refractivity contribution in [3.05, 3.63) is 34.9 Å². The van der Waals surface area contributed by atoms with E-state index in [0.717, 1.165) is 18.4 Å². The van der Waals surface area contributed by atoms with Gasteiger partial charge in [-0.25, -0.2) is 0 Å². The second-order valence-corrected chi connectivity index (χ2v) is 5.87. The van der Waals surface area contributed by atoms with Crippen molar-refractivity contribution in [1.82, 2.24) is 5.32 Å². The molecule has 5 heteroatoms. The van der Waals surface area contributed by atoms with E-state index in [9.17, 15) is 13.2 Å². The van der Waals surface area contributed by atoms with Crippen molar-refractivity contribution >= 4 is 11.6 Å². The SMILES string of the molecule is FC(F)(F)C1CCCC(NCCc2ccc(Cl)cc2)C1. The molecule has 2 atom stereocenters. The van der Waals surface area contributed by atoms with Gasteiger partial charge in [0.05, 0.1) is 5.92 Å². The molecule has 0 heterocycles. The minimum absolute atomic E-state index is 0.0114. The van der Waals surface area contributed by atoms with E-state index in [-0.39, 0.29) is 18.9 Å². The lowest BCUT2D eigenvalue weighted by Gasteiger charge is -2.31. The maximum absolute atomic E-state index is 12.7. The summed E-state index contributed by atoms with van der Waals surface area (Å²) in [5.74, 6) is -1.13. The third kappa shape index (κ3) is 4.67. The van der Waals surface area contributed by atoms with Gasteiger partial charge in [-0.05, 0) is 49.9 Å². The molecule has 1 aromatic carbocycles. The first-order valence-corrected chi connectivity index (χ1v) is 7.37. The third-order valence-electron chi connectivity index (χ3n) is 3.90. The monoisotopic (exact) mass is 305 g/mol. The smallest absolute Gasteiger partial charge is 0.314 e. The first-order valence-electron chi connectivity index (χ1n) is 6.99. The summed E-state index contributed by atoms with van der Waals surface area (Å²) >= 11 is 5.80. The van der Waals surface area contributed by atoms with Crippen LogP contribution < -0.4 is 5.32 Å². The fourth-order valence-corrected chi connectivity index (χ4v) is 2.87. The Hall–Kier alpha value is -0.740. The summed E-state index contributed by atoms with van der Waals surface area (Å²) in [5, 5.41) is 3.95. The van der Waals surface area contributed by atoms with E-state index in [4.69, 9.17) is 11.6 Å². The van der Waals surface area contributed by atoms with E-state index in [1.165, 1.54) is 0 Å². The standard InChI is InChI=1S/C15H19ClF3N/c16-13-6-4-11(5-7-13)8-9-20-14-3-1-2-12(10-14)15(17,18)19/h4-7,12,14,20H,1-3,8-10H2. The van der Waals surface area contributed by atoms with Crippen molar-refractivity contribution in [2.24, 2.45) is 5.92 Å². The highest BCUT2D eigenvalue weighted by atomic mass is 35.5. The van der Waals surface area contributed by atoms with E-state index in [1.54, 1.807) is 0 Å². The number of nitrogens with one attached hydrogen (secondary N) is 1. The molecule has 1 aliphatic rings. The number of benzene rings is 1. The van der Waals surface area contributed by atoms with Crippen molar-refractivity contribution in [3.8, 4) is 0 Å². The average Bonchev–Trinajstić information content (AvgIpc) is 2.40. The molecular formula is C15H19ClF3N. The fourth-order valence-electron chi connectivity index (χ4n) is 2.74. The molecule has 1 aliphatic carbocycles. The molecule has 1 aromatic rings. The van der Waals surface area contributed by atoms with E-state index in [0.29, 0.717) is 18.0 Å². The number of rotatable bonds is 4. The molecule has 0 saturated heterocycles. The quantitative estimate of drug-likeness (QED) is 0.857. The number of hydrogen-bond acceptors (Lipinski definition) is 1. The van der Waals surface area contributed by atoms with Crippen molar-refractivity contribution in [3.63, 3.8) is 0 Å². The van der Waals surface area contributed by atoms with Gasteiger partial charge >= 0.3 is 6.18 Å². The van der Waals surface area contributed by atoms with Crippen molar-refractivity contribution in [1.29, 1.82) is 0 Å². The highest BCUT2D eigenvalue weighted by Gasteiger charge is 2.41. The summed E-state index contributed by atoms with van der Waals surface area (Å²) in [6.07, 6.45) is -1.25. The first kappa shape index (κ1) is 15.6. The summed E-state index contributed by atoms with van der Waals surface area (Å²) in [6, 6.07) is 7.55. The van der Waals surface area contributed by atoms with Gasteiger partial charge in [0.2, 0.25) is 0 Å². The van der Waals surface area contributed by atoms with Crippen LogP contribution in [0.15, 0.2) is 24.3 Å². The molecule has 1 nitrogen and oxygen atoms in total. The fraction of sp³-hybridized carbons (Fsp3) is 0.600. The Labute approximate surface area is 122 Å². The zero-order valence-corrected chi connectivity index (χ0v) is 12.0. The van der Waals surface area contributed by atoms with Crippen LogP contribution >= 0.6 is 11.6 Å². The highest BCUT2D eigenvalue weighted by molar-refractivity contribution is 6.30. The van der Waals surface area contributed by atoms with Crippen LogP contribution in [0, 0.1) is 5.92 Å². The third-order valence-corrected chi connectivity index (χ3v) is 4.15. The van der Waals surface area contributed by atoms with Crippen LogP contribution in [0.25, 0.3) is 0 Å². The Kier molecular flexibility index (Phi) is 5.33. The minimum atomic E-state index is -4.05. The number of alkyl halides is 3. The van der Waals surface area contributed by atoms with E-state index in [2.05, 4.69) is 5.32 Å². The van der Waals surface area contributed by atoms with Crippen LogP contribution in [0.3, 0.4) is 0 Å². The molecule has 1 fully saturated rings. The summed E-state index contributed by atoms with van der Waals surface area (Å²) < 4.78 is 38.1. The van der Waals surface area contributed by atoms with Crippen LogP contribution in [-0.2, 0) is 6.42 Å². The molecule has 1 saturated carbocycles. The average molecular weight is 306 g/mol. The lowest BCUT2D eigenvalue weighted by molar-refractivity contribution is -0.183. The van der Waals surface area contributed by atoms with Gasteiger partial charge in [-0.15, -0.1) is 0 Å². The van der Waals surface area contributed by atoms with Crippen molar-refractivity contribution in [2.45, 2.75) is 44.3 Å². The maximum atomic E-state index is 12.7. The minimum Gasteiger partial charge on any atom is -0.314 e. The Morgan fingerprint density at radius 3 is 2.50 bits per heavy atom. The molecule has 0 spiro atoms. The van der Waals surface area contributed by atoms with Crippen LogP contribution in [0.1, 0.15) is 31.2 Å². The number of halogens is 4. The second-order valence-electron chi connectivity index (χ2n) is 5.43. The highest BCUT2D eigenvalue weighted by Crippen LogP contribution is 2.37. The molecule has 0 amide bonds. The predicted molar refractivity (Wildman–Crippen MR) is 75.0 cm³/mol. The second kappa shape index (κ2) is 6.81. The molecule has 2 unspecified atom stereocenters. The van der Waals surface area contributed by atoms with Crippen molar-refractivity contribution < 1.29 is 13.2 Å². The molecule has 0 bridgehead atoms. The zero-order chi connectivity index (χ0) is 14.6. The van der Waals surface area contributed by atoms with Crippen LogP contribution in [-0.4, -0.2) is 18.8 Å². The van der Waals surface area contributed by atoms with E-state index >= 15 is 0 Å². The Morgan fingerprint density at radius 2 is 1.85 bits per heavy atom. The molecule has 0 radical (unpaired) electrons. The van der Waals surface area contributed by atoms with E-state index in [1.807, 2.05) is 24.3 Å². The molecule has 2 rings (SSSR count). The van der Waals surface area contributed by atoms with Gasteiger partial charge in [-0.1, -0.05) is 30.2 Å². The first-order chi connectivity index (χ1) is 9.45. The van der Waals surface area contributed by atoms with Gasteiger partial charge in [0, 0.05) is 11.1 Å². The lowest BCUT2D eigenvalue weighted by atomic mass is 9.85. The van der Waals surface area contributed by atoms with Gasteiger partial charge in [0.15, 0.2) is 0 Å².